The lowest BCUT2D eigenvalue weighted by Crippen LogP contribution is -1.99. The van der Waals surface area contributed by atoms with Crippen LogP contribution in [-0.2, 0) is 11.2 Å². The summed E-state index contributed by atoms with van der Waals surface area (Å²) in [5, 5.41) is 9.11. The largest absolute Gasteiger partial charge is 0.481 e. The van der Waals surface area contributed by atoms with Crippen LogP contribution in [0.3, 0.4) is 0 Å². The number of nitrogens with zero attached hydrogens (tertiary/aromatic N) is 2. The molecule has 0 aliphatic heterocycles. The monoisotopic (exact) mass is 250 g/mol. The fourth-order valence-corrected chi connectivity index (χ4v) is 1.83. The molecule has 0 aliphatic carbocycles. The summed E-state index contributed by atoms with van der Waals surface area (Å²) in [5.41, 5.74) is 0.735. The highest BCUT2D eigenvalue weighted by Crippen LogP contribution is 2.23. The van der Waals surface area contributed by atoms with Gasteiger partial charge in [-0.2, -0.15) is 9.36 Å². The van der Waals surface area contributed by atoms with E-state index in [-0.39, 0.29) is 6.42 Å². The van der Waals surface area contributed by atoms with Gasteiger partial charge in [0.2, 0.25) is 0 Å². The van der Waals surface area contributed by atoms with E-state index in [2.05, 4.69) is 9.36 Å². The van der Waals surface area contributed by atoms with Crippen molar-refractivity contribution in [2.24, 2.45) is 0 Å². The Kier molecular flexibility index (Phi) is 3.34. The van der Waals surface area contributed by atoms with E-state index in [0.717, 1.165) is 5.56 Å². The molecule has 0 saturated carbocycles. The molecule has 0 unspecified atom stereocenters. The minimum atomic E-state index is -0.849. The number of aromatic nitrogens is 2. The standard InChI is InChI=1S/C11H10N2O3S/c1-7-12-11(17-13-7)16-9-4-2-8(3-5-9)6-10(14)15/h2-5H,6H2,1H3,(H,14,15). The quantitative estimate of drug-likeness (QED) is 0.901. The second-order valence-electron chi connectivity index (χ2n) is 3.42. The number of carboxylic acid groups (broad SMARTS) is 1. The number of rotatable bonds is 4. The topological polar surface area (TPSA) is 72.3 Å². The molecule has 88 valence electrons. The van der Waals surface area contributed by atoms with Gasteiger partial charge in [0.05, 0.1) is 6.42 Å². The van der Waals surface area contributed by atoms with Crippen LogP contribution in [0.15, 0.2) is 24.3 Å². The summed E-state index contributed by atoms with van der Waals surface area (Å²) >= 11 is 1.18. The number of aryl methyl sites for hydroxylation is 1. The van der Waals surface area contributed by atoms with Crippen molar-refractivity contribution >= 4 is 17.5 Å². The van der Waals surface area contributed by atoms with Gasteiger partial charge in [0, 0.05) is 11.5 Å². The molecule has 0 amide bonds. The maximum absolute atomic E-state index is 10.5. The summed E-state index contributed by atoms with van der Waals surface area (Å²) in [6, 6.07) is 6.87. The van der Waals surface area contributed by atoms with Gasteiger partial charge >= 0.3 is 5.97 Å². The first kappa shape index (κ1) is 11.5. The van der Waals surface area contributed by atoms with Crippen molar-refractivity contribution in [3.63, 3.8) is 0 Å². The highest BCUT2D eigenvalue weighted by Gasteiger charge is 2.04. The lowest BCUT2D eigenvalue weighted by molar-refractivity contribution is -0.136. The van der Waals surface area contributed by atoms with Gasteiger partial charge in [0.1, 0.15) is 11.6 Å². The summed E-state index contributed by atoms with van der Waals surface area (Å²) in [6.45, 7) is 1.79. The number of aliphatic carboxylic acids is 1. The average molecular weight is 250 g/mol. The third kappa shape index (κ3) is 3.25. The van der Waals surface area contributed by atoms with Crippen LogP contribution in [0.1, 0.15) is 11.4 Å². The molecule has 0 bridgehead atoms. The molecule has 17 heavy (non-hydrogen) atoms. The number of hydrogen-bond donors (Lipinski definition) is 1. The lowest BCUT2D eigenvalue weighted by atomic mass is 10.1. The molecule has 2 rings (SSSR count). The molecule has 0 spiro atoms. The zero-order valence-corrected chi connectivity index (χ0v) is 9.90. The fourth-order valence-electron chi connectivity index (χ4n) is 1.27. The first-order valence-electron chi connectivity index (χ1n) is 4.92. The Morgan fingerprint density at radius 2 is 2.12 bits per heavy atom. The lowest BCUT2D eigenvalue weighted by Gasteiger charge is -2.02. The molecule has 1 heterocycles. The highest BCUT2D eigenvalue weighted by molar-refractivity contribution is 7.07. The average Bonchev–Trinajstić information content (AvgIpc) is 2.66. The normalized spacial score (nSPS) is 10.2. The van der Waals surface area contributed by atoms with Crippen molar-refractivity contribution < 1.29 is 14.6 Å². The Bertz CT molecular complexity index is 522. The fraction of sp³-hybridized carbons (Fsp3) is 0.182. The molecule has 2 aromatic rings. The summed E-state index contributed by atoms with van der Waals surface area (Å²) in [4.78, 5) is 14.6. The van der Waals surface area contributed by atoms with Crippen molar-refractivity contribution in [2.45, 2.75) is 13.3 Å². The van der Waals surface area contributed by atoms with Crippen LogP contribution < -0.4 is 4.74 Å². The Morgan fingerprint density at radius 3 is 2.65 bits per heavy atom. The maximum atomic E-state index is 10.5. The molecule has 0 radical (unpaired) electrons. The van der Waals surface area contributed by atoms with E-state index >= 15 is 0 Å². The number of carboxylic acids is 1. The first-order valence-corrected chi connectivity index (χ1v) is 5.70. The maximum Gasteiger partial charge on any atom is 0.307 e. The van der Waals surface area contributed by atoms with E-state index in [0.29, 0.717) is 16.8 Å². The third-order valence-electron chi connectivity index (χ3n) is 1.99. The van der Waals surface area contributed by atoms with Crippen molar-refractivity contribution in [1.82, 2.24) is 9.36 Å². The minimum Gasteiger partial charge on any atom is -0.481 e. The Balaban J connectivity index is 2.05. The molecule has 1 aromatic carbocycles. The zero-order chi connectivity index (χ0) is 12.3. The van der Waals surface area contributed by atoms with Gasteiger partial charge in [-0.05, 0) is 24.6 Å². The van der Waals surface area contributed by atoms with Gasteiger partial charge in [-0.25, -0.2) is 0 Å². The van der Waals surface area contributed by atoms with E-state index in [1.165, 1.54) is 11.5 Å². The van der Waals surface area contributed by atoms with Crippen molar-refractivity contribution in [3.05, 3.63) is 35.7 Å². The highest BCUT2D eigenvalue weighted by atomic mass is 32.1. The molecule has 0 aliphatic rings. The van der Waals surface area contributed by atoms with Gasteiger partial charge in [-0.3, -0.25) is 4.79 Å². The van der Waals surface area contributed by atoms with Crippen LogP contribution in [0.2, 0.25) is 0 Å². The van der Waals surface area contributed by atoms with Crippen LogP contribution in [0.5, 0.6) is 10.9 Å². The van der Waals surface area contributed by atoms with Gasteiger partial charge in [-0.1, -0.05) is 12.1 Å². The summed E-state index contributed by atoms with van der Waals surface area (Å²) < 4.78 is 9.45. The molecule has 6 heteroatoms. The van der Waals surface area contributed by atoms with Crippen LogP contribution in [0.4, 0.5) is 0 Å². The van der Waals surface area contributed by atoms with E-state index in [4.69, 9.17) is 9.84 Å². The third-order valence-corrected chi connectivity index (χ3v) is 2.68. The Morgan fingerprint density at radius 1 is 1.41 bits per heavy atom. The molecule has 0 fully saturated rings. The number of benzene rings is 1. The first-order chi connectivity index (χ1) is 8.13. The second kappa shape index (κ2) is 4.92. The summed E-state index contributed by atoms with van der Waals surface area (Å²) in [5.74, 6) is 0.446. The van der Waals surface area contributed by atoms with Crippen molar-refractivity contribution in [1.29, 1.82) is 0 Å². The molecular weight excluding hydrogens is 240 g/mol. The molecule has 1 N–H and O–H groups in total. The van der Waals surface area contributed by atoms with Crippen LogP contribution >= 0.6 is 11.5 Å². The zero-order valence-electron chi connectivity index (χ0n) is 9.08. The van der Waals surface area contributed by atoms with E-state index in [1.54, 1.807) is 31.2 Å². The Hall–Kier alpha value is -1.95. The predicted octanol–water partition coefficient (Wildman–Crippen LogP) is 2.27. The smallest absolute Gasteiger partial charge is 0.307 e. The number of ether oxygens (including phenoxy) is 1. The van der Waals surface area contributed by atoms with E-state index < -0.39 is 5.97 Å². The second-order valence-corrected chi connectivity index (χ2v) is 4.14. The Labute approximate surface area is 102 Å². The van der Waals surface area contributed by atoms with Crippen molar-refractivity contribution in [2.75, 3.05) is 0 Å². The van der Waals surface area contributed by atoms with Gasteiger partial charge in [0.25, 0.3) is 5.19 Å². The van der Waals surface area contributed by atoms with Gasteiger partial charge in [0.15, 0.2) is 0 Å². The molecule has 1 aromatic heterocycles. The van der Waals surface area contributed by atoms with Gasteiger partial charge in [-0.15, -0.1) is 0 Å². The number of hydrogen-bond acceptors (Lipinski definition) is 5. The SMILES string of the molecule is Cc1nsc(Oc2ccc(CC(=O)O)cc2)n1. The van der Waals surface area contributed by atoms with Crippen LogP contribution in [0.25, 0.3) is 0 Å². The van der Waals surface area contributed by atoms with E-state index in [1.807, 2.05) is 0 Å². The molecule has 0 atom stereocenters. The number of carbonyl (C=O) groups is 1. The van der Waals surface area contributed by atoms with Crippen LogP contribution in [-0.4, -0.2) is 20.4 Å². The summed E-state index contributed by atoms with van der Waals surface area (Å²) in [7, 11) is 0. The van der Waals surface area contributed by atoms with Crippen molar-refractivity contribution in [3.8, 4) is 10.9 Å². The van der Waals surface area contributed by atoms with Gasteiger partial charge < -0.3 is 9.84 Å². The summed E-state index contributed by atoms with van der Waals surface area (Å²) in [6.07, 6.45) is 0.0121. The molecular formula is C11H10N2O3S. The molecule has 5 nitrogen and oxygen atoms in total. The molecule has 0 saturated heterocycles. The predicted molar refractivity (Wildman–Crippen MR) is 62.5 cm³/mol. The minimum absolute atomic E-state index is 0.0121. The van der Waals surface area contributed by atoms with Crippen LogP contribution in [0, 0.1) is 6.92 Å². The van der Waals surface area contributed by atoms with E-state index in [9.17, 15) is 4.79 Å².